The van der Waals surface area contributed by atoms with Crippen molar-refractivity contribution in [2.45, 2.75) is 18.4 Å². The van der Waals surface area contributed by atoms with Gasteiger partial charge in [-0.1, -0.05) is 17.7 Å². The molecular weight excluding hydrogens is 350 g/mol. The summed E-state index contributed by atoms with van der Waals surface area (Å²) in [5, 5.41) is 14.6. The van der Waals surface area contributed by atoms with Crippen LogP contribution in [0, 0.1) is 6.92 Å². The van der Waals surface area contributed by atoms with Crippen LogP contribution in [0.2, 0.25) is 0 Å². The minimum atomic E-state index is -3.82. The van der Waals surface area contributed by atoms with Crippen molar-refractivity contribution < 1.29 is 13.2 Å². The maximum absolute atomic E-state index is 12.5. The first kappa shape index (κ1) is 16.3. The minimum absolute atomic E-state index is 0.00945. The number of hydrogen-bond acceptors (Lipinski definition) is 7. The lowest BCUT2D eigenvalue weighted by atomic mass is 10.2. The van der Waals surface area contributed by atoms with Gasteiger partial charge in [0.15, 0.2) is 5.69 Å². The smallest absolute Gasteiger partial charge is 0.282 e. The Morgan fingerprint density at radius 3 is 2.67 bits per heavy atom. The van der Waals surface area contributed by atoms with E-state index in [1.807, 2.05) is 6.92 Å². The summed E-state index contributed by atoms with van der Waals surface area (Å²) in [5.41, 5.74) is 2.52. The first-order valence-corrected chi connectivity index (χ1v) is 9.20. The van der Waals surface area contributed by atoms with Gasteiger partial charge in [0.25, 0.3) is 15.9 Å². The third-order valence-electron chi connectivity index (χ3n) is 3.17. The topological polar surface area (TPSA) is 107 Å². The number of aryl methyl sites for hydroxylation is 1. The van der Waals surface area contributed by atoms with E-state index in [1.54, 1.807) is 17.6 Å². The van der Waals surface area contributed by atoms with Gasteiger partial charge in [0.05, 0.1) is 11.4 Å². The van der Waals surface area contributed by atoms with E-state index in [4.69, 9.17) is 0 Å². The number of carbonyl (C=O) groups is 1. The minimum Gasteiger partial charge on any atom is -0.344 e. The average Bonchev–Trinajstić information content (AvgIpc) is 3.25. The second-order valence-electron chi connectivity index (χ2n) is 4.91. The quantitative estimate of drug-likeness (QED) is 0.730. The summed E-state index contributed by atoms with van der Waals surface area (Å²) < 4.78 is 25.7. The summed E-state index contributed by atoms with van der Waals surface area (Å²) in [5.74, 6) is -0.483. The van der Waals surface area contributed by atoms with Gasteiger partial charge < -0.3 is 5.32 Å². The van der Waals surface area contributed by atoms with Crippen LogP contribution >= 0.6 is 11.3 Å². The fraction of sp³-hybridized carbons (Fsp3) is 0.143. The van der Waals surface area contributed by atoms with Gasteiger partial charge in [-0.05, 0) is 25.1 Å². The first-order valence-electron chi connectivity index (χ1n) is 6.88. The van der Waals surface area contributed by atoms with Crippen LogP contribution < -0.4 is 5.32 Å². The maximum Gasteiger partial charge on any atom is 0.282 e. The molecule has 2 aromatic heterocycles. The van der Waals surface area contributed by atoms with Gasteiger partial charge in [-0.15, -0.1) is 21.5 Å². The highest BCUT2D eigenvalue weighted by molar-refractivity contribution is 7.89. The third kappa shape index (κ3) is 3.34. The number of carbonyl (C=O) groups excluding carboxylic acids is 1. The molecule has 1 amide bonds. The molecule has 0 aliphatic carbocycles. The van der Waals surface area contributed by atoms with Gasteiger partial charge in [-0.25, -0.2) is 0 Å². The zero-order valence-electron chi connectivity index (χ0n) is 12.6. The zero-order valence-corrected chi connectivity index (χ0v) is 14.2. The predicted molar refractivity (Wildman–Crippen MR) is 87.1 cm³/mol. The molecule has 0 atom stereocenters. The molecule has 3 rings (SSSR count). The molecule has 0 saturated heterocycles. The van der Waals surface area contributed by atoms with E-state index in [0.717, 1.165) is 9.65 Å². The maximum atomic E-state index is 12.5. The van der Waals surface area contributed by atoms with E-state index in [-0.39, 0.29) is 17.1 Å². The van der Waals surface area contributed by atoms with Crippen LogP contribution in [0.25, 0.3) is 0 Å². The molecule has 124 valence electrons. The van der Waals surface area contributed by atoms with Crippen molar-refractivity contribution in [1.82, 2.24) is 24.7 Å². The van der Waals surface area contributed by atoms with Crippen molar-refractivity contribution in [3.63, 3.8) is 0 Å². The summed E-state index contributed by atoms with van der Waals surface area (Å²) in [6.45, 7) is 2.08. The Hall–Kier alpha value is -2.59. The molecule has 0 unspecified atom stereocenters. The van der Waals surface area contributed by atoms with Crippen LogP contribution in [0.3, 0.4) is 0 Å². The molecule has 1 aromatic carbocycles. The molecule has 8 nitrogen and oxygen atoms in total. The van der Waals surface area contributed by atoms with E-state index in [1.165, 1.54) is 35.7 Å². The molecule has 0 aliphatic heterocycles. The normalized spacial score (nSPS) is 11.4. The lowest BCUT2D eigenvalue weighted by Crippen LogP contribution is -2.24. The fourth-order valence-corrected chi connectivity index (χ4v) is 3.48. The number of hydrogen-bond donors (Lipinski definition) is 1. The summed E-state index contributed by atoms with van der Waals surface area (Å²) in [7, 11) is -3.82. The lowest BCUT2D eigenvalue weighted by molar-refractivity contribution is 0.0945. The van der Waals surface area contributed by atoms with E-state index >= 15 is 0 Å². The number of nitrogens with one attached hydrogen (secondary N) is 1. The van der Waals surface area contributed by atoms with Crippen molar-refractivity contribution in [2.75, 3.05) is 0 Å². The number of amides is 1. The van der Waals surface area contributed by atoms with Gasteiger partial charge in [0.2, 0.25) is 0 Å². The Labute approximate surface area is 142 Å². The van der Waals surface area contributed by atoms with Crippen LogP contribution in [0.1, 0.15) is 21.1 Å². The molecule has 0 fully saturated rings. The first-order chi connectivity index (χ1) is 11.5. The Kier molecular flexibility index (Phi) is 4.40. The molecule has 2 heterocycles. The molecule has 0 saturated carbocycles. The second kappa shape index (κ2) is 6.49. The summed E-state index contributed by atoms with van der Waals surface area (Å²) >= 11 is 1.31. The standard InChI is InChI=1S/C14H13N5O3S2/c1-10-2-4-11(5-3-10)24(21,22)19-7-6-12(18-19)14(20)15-8-13-17-16-9-23-13/h2-7,9H,8H2,1H3,(H,15,20). The molecule has 24 heavy (non-hydrogen) atoms. The third-order valence-corrected chi connectivity index (χ3v) is 5.43. The van der Waals surface area contributed by atoms with Crippen molar-refractivity contribution >= 4 is 27.3 Å². The highest BCUT2D eigenvalue weighted by Gasteiger charge is 2.20. The average molecular weight is 363 g/mol. The Morgan fingerprint density at radius 1 is 1.25 bits per heavy atom. The molecule has 0 bridgehead atoms. The van der Waals surface area contributed by atoms with Gasteiger partial charge in [-0.2, -0.15) is 17.6 Å². The SMILES string of the molecule is Cc1ccc(S(=O)(=O)n2ccc(C(=O)NCc3nncs3)n2)cc1. The number of nitrogens with zero attached hydrogens (tertiary/aromatic N) is 4. The lowest BCUT2D eigenvalue weighted by Gasteiger charge is -2.04. The van der Waals surface area contributed by atoms with Crippen LogP contribution in [-0.4, -0.2) is 33.7 Å². The fourth-order valence-electron chi connectivity index (χ4n) is 1.90. The van der Waals surface area contributed by atoms with E-state index in [0.29, 0.717) is 5.01 Å². The van der Waals surface area contributed by atoms with Crippen molar-refractivity contribution in [3.05, 3.63) is 58.3 Å². The van der Waals surface area contributed by atoms with Crippen LogP contribution in [-0.2, 0) is 16.6 Å². The molecular formula is C14H13N5O3S2. The van der Waals surface area contributed by atoms with Crippen LogP contribution in [0.5, 0.6) is 0 Å². The molecule has 0 radical (unpaired) electrons. The Morgan fingerprint density at radius 2 is 2.00 bits per heavy atom. The van der Waals surface area contributed by atoms with Crippen LogP contribution in [0.4, 0.5) is 0 Å². The Balaban J connectivity index is 1.77. The molecule has 0 aliphatic rings. The van der Waals surface area contributed by atoms with Crippen LogP contribution in [0.15, 0.2) is 46.9 Å². The summed E-state index contributed by atoms with van der Waals surface area (Å²) in [6, 6.07) is 7.75. The van der Waals surface area contributed by atoms with Gasteiger partial charge in [-0.3, -0.25) is 4.79 Å². The largest absolute Gasteiger partial charge is 0.344 e. The van der Waals surface area contributed by atoms with E-state index < -0.39 is 15.9 Å². The van der Waals surface area contributed by atoms with E-state index in [2.05, 4.69) is 20.6 Å². The highest BCUT2D eigenvalue weighted by Crippen LogP contribution is 2.14. The monoisotopic (exact) mass is 363 g/mol. The van der Waals surface area contributed by atoms with Crippen molar-refractivity contribution in [3.8, 4) is 0 Å². The second-order valence-corrected chi connectivity index (χ2v) is 7.62. The van der Waals surface area contributed by atoms with E-state index in [9.17, 15) is 13.2 Å². The van der Waals surface area contributed by atoms with Gasteiger partial charge in [0.1, 0.15) is 10.5 Å². The molecule has 3 aromatic rings. The number of aromatic nitrogens is 4. The number of benzene rings is 1. The summed E-state index contributed by atoms with van der Waals surface area (Å²) in [4.78, 5) is 12.1. The summed E-state index contributed by atoms with van der Waals surface area (Å²) in [6.07, 6.45) is 1.25. The molecule has 1 N–H and O–H groups in total. The molecule has 0 spiro atoms. The van der Waals surface area contributed by atoms with Crippen molar-refractivity contribution in [2.24, 2.45) is 0 Å². The van der Waals surface area contributed by atoms with Gasteiger partial charge >= 0.3 is 0 Å². The number of rotatable bonds is 5. The Bertz CT molecular complexity index is 947. The zero-order chi connectivity index (χ0) is 17.2. The molecule has 10 heteroatoms. The van der Waals surface area contributed by atoms with Gasteiger partial charge in [0, 0.05) is 6.20 Å². The highest BCUT2D eigenvalue weighted by atomic mass is 32.2. The van der Waals surface area contributed by atoms with Crippen molar-refractivity contribution in [1.29, 1.82) is 0 Å². The predicted octanol–water partition coefficient (Wildman–Crippen LogP) is 1.21.